The number of nitrogens with zero attached hydrogens (tertiary/aromatic N) is 1. The molecule has 0 fully saturated rings. The molecule has 1 aromatic rings. The Morgan fingerprint density at radius 1 is 1.50 bits per heavy atom. The summed E-state index contributed by atoms with van der Waals surface area (Å²) in [5, 5.41) is 15.5. The quantitative estimate of drug-likeness (QED) is 0.284. The topological polar surface area (TPSA) is 99.7 Å². The maximum absolute atomic E-state index is 13.2. The van der Waals surface area contributed by atoms with E-state index >= 15 is 0 Å². The molecule has 5 N–H and O–H groups in total. The molecule has 0 aliphatic carbocycles. The Morgan fingerprint density at radius 3 is 2.72 bits per heavy atom. The lowest BCUT2D eigenvalue weighted by molar-refractivity contribution is 0.251. The van der Waals surface area contributed by atoms with Crippen LogP contribution in [0.1, 0.15) is 6.92 Å². The van der Waals surface area contributed by atoms with Crippen LogP contribution in [0.5, 0.6) is 0 Å². The predicted molar refractivity (Wildman–Crippen MR) is 61.4 cm³/mol. The third-order valence-corrected chi connectivity index (χ3v) is 2.09. The normalized spacial score (nSPS) is 12.9. The summed E-state index contributed by atoms with van der Waals surface area (Å²) >= 11 is 0. The van der Waals surface area contributed by atoms with Crippen molar-refractivity contribution in [1.82, 2.24) is 5.32 Å². The lowest BCUT2D eigenvalue weighted by Crippen LogP contribution is -2.44. The lowest BCUT2D eigenvalue weighted by Gasteiger charge is -2.13. The maximum Gasteiger partial charge on any atom is 0.319 e. The number of urea groups is 1. The number of nitrogens with one attached hydrogen (secondary N) is 2. The molecule has 1 unspecified atom stereocenters. The zero-order valence-corrected chi connectivity index (χ0v) is 9.45. The highest BCUT2D eigenvalue weighted by atomic mass is 19.1. The molecule has 0 saturated heterocycles. The highest BCUT2D eigenvalue weighted by Crippen LogP contribution is 2.14. The van der Waals surface area contributed by atoms with Gasteiger partial charge in [-0.1, -0.05) is 5.16 Å². The van der Waals surface area contributed by atoms with Crippen LogP contribution in [-0.2, 0) is 0 Å². The van der Waals surface area contributed by atoms with Crippen LogP contribution in [-0.4, -0.2) is 23.1 Å². The minimum Gasteiger partial charge on any atom is -0.409 e. The molecule has 0 aliphatic heterocycles. The van der Waals surface area contributed by atoms with E-state index in [0.29, 0.717) is 6.07 Å². The van der Waals surface area contributed by atoms with Crippen LogP contribution in [0.3, 0.4) is 0 Å². The van der Waals surface area contributed by atoms with E-state index in [1.165, 1.54) is 6.92 Å². The zero-order chi connectivity index (χ0) is 13.7. The molecule has 8 heteroatoms. The van der Waals surface area contributed by atoms with E-state index in [9.17, 15) is 13.6 Å². The van der Waals surface area contributed by atoms with Crippen molar-refractivity contribution in [2.24, 2.45) is 10.9 Å². The summed E-state index contributed by atoms with van der Waals surface area (Å²) in [5.74, 6) is -1.85. The summed E-state index contributed by atoms with van der Waals surface area (Å²) in [7, 11) is 0. The molecule has 0 aliphatic rings. The van der Waals surface area contributed by atoms with E-state index in [-0.39, 0.29) is 11.5 Å². The molecule has 0 bridgehead atoms. The molecular formula is C10H12F2N4O2. The number of nitrogens with two attached hydrogens (primary N) is 1. The predicted octanol–water partition coefficient (Wildman–Crippen LogP) is 1.22. The van der Waals surface area contributed by atoms with Crippen molar-refractivity contribution >= 4 is 17.6 Å². The summed E-state index contributed by atoms with van der Waals surface area (Å²) < 4.78 is 25.8. The van der Waals surface area contributed by atoms with Crippen molar-refractivity contribution < 1.29 is 18.8 Å². The first-order chi connectivity index (χ1) is 8.43. The molecule has 1 aromatic carbocycles. The molecule has 18 heavy (non-hydrogen) atoms. The van der Waals surface area contributed by atoms with Gasteiger partial charge in [0.15, 0.2) is 5.84 Å². The molecule has 2 amide bonds. The molecule has 1 rings (SSSR count). The summed E-state index contributed by atoms with van der Waals surface area (Å²) in [4.78, 5) is 11.4. The van der Waals surface area contributed by atoms with Crippen molar-refractivity contribution in [3.63, 3.8) is 0 Å². The second-order valence-corrected chi connectivity index (χ2v) is 3.47. The summed E-state index contributed by atoms with van der Waals surface area (Å²) in [6, 6.07) is 1.23. The Balaban J connectivity index is 2.65. The van der Waals surface area contributed by atoms with Gasteiger partial charge in [-0.05, 0) is 19.1 Å². The fourth-order valence-electron chi connectivity index (χ4n) is 1.11. The Bertz CT molecular complexity index is 479. The highest BCUT2D eigenvalue weighted by Gasteiger charge is 2.13. The maximum atomic E-state index is 13.2. The van der Waals surface area contributed by atoms with E-state index in [1.807, 2.05) is 0 Å². The first kappa shape index (κ1) is 13.7. The fraction of sp³-hybridized carbons (Fsp3) is 0.200. The van der Waals surface area contributed by atoms with E-state index in [2.05, 4.69) is 15.8 Å². The van der Waals surface area contributed by atoms with Gasteiger partial charge in [0.05, 0.1) is 11.7 Å². The SMILES string of the molecule is CC(NC(=O)Nc1ccc(F)cc1F)/C(N)=N/O. The molecular weight excluding hydrogens is 246 g/mol. The Morgan fingerprint density at radius 2 is 2.17 bits per heavy atom. The van der Waals surface area contributed by atoms with E-state index in [4.69, 9.17) is 10.9 Å². The van der Waals surface area contributed by atoms with Crippen LogP contribution in [0.15, 0.2) is 23.4 Å². The lowest BCUT2D eigenvalue weighted by atomic mass is 10.3. The van der Waals surface area contributed by atoms with Crippen LogP contribution in [0.4, 0.5) is 19.3 Å². The number of carbonyl (C=O) groups is 1. The summed E-state index contributed by atoms with van der Waals surface area (Å²) in [6.45, 7) is 1.47. The number of rotatable bonds is 3. The van der Waals surface area contributed by atoms with Crippen molar-refractivity contribution in [3.05, 3.63) is 29.8 Å². The number of amidine groups is 1. The monoisotopic (exact) mass is 258 g/mol. The van der Waals surface area contributed by atoms with Crippen molar-refractivity contribution in [1.29, 1.82) is 0 Å². The van der Waals surface area contributed by atoms with Gasteiger partial charge in [0.25, 0.3) is 0 Å². The number of amides is 2. The standard InChI is InChI=1S/C10H12F2N4O2/c1-5(9(13)16-18)14-10(17)15-8-3-2-6(11)4-7(8)12/h2-5,18H,1H3,(H2,13,16)(H2,14,15,17). The van der Waals surface area contributed by atoms with Crippen LogP contribution < -0.4 is 16.4 Å². The van der Waals surface area contributed by atoms with Gasteiger partial charge in [-0.3, -0.25) is 0 Å². The first-order valence-corrected chi connectivity index (χ1v) is 4.94. The second-order valence-electron chi connectivity index (χ2n) is 3.47. The molecule has 0 radical (unpaired) electrons. The van der Waals surface area contributed by atoms with Crippen molar-refractivity contribution in [2.45, 2.75) is 13.0 Å². The van der Waals surface area contributed by atoms with Gasteiger partial charge in [0, 0.05) is 6.07 Å². The van der Waals surface area contributed by atoms with Gasteiger partial charge in [0.2, 0.25) is 0 Å². The third-order valence-electron chi connectivity index (χ3n) is 2.09. The second kappa shape index (κ2) is 5.80. The highest BCUT2D eigenvalue weighted by molar-refractivity contribution is 5.94. The number of oxime groups is 1. The molecule has 98 valence electrons. The van der Waals surface area contributed by atoms with Crippen molar-refractivity contribution in [3.8, 4) is 0 Å². The number of hydrogen-bond acceptors (Lipinski definition) is 3. The Hall–Kier alpha value is -2.38. The summed E-state index contributed by atoms with van der Waals surface area (Å²) in [6.07, 6.45) is 0. The third kappa shape index (κ3) is 3.58. The molecule has 6 nitrogen and oxygen atoms in total. The number of halogens is 2. The molecule has 0 spiro atoms. The van der Waals surface area contributed by atoms with Gasteiger partial charge in [-0.15, -0.1) is 0 Å². The minimum atomic E-state index is -0.901. The van der Waals surface area contributed by atoms with Crippen LogP contribution in [0, 0.1) is 11.6 Å². The first-order valence-electron chi connectivity index (χ1n) is 4.94. The van der Waals surface area contributed by atoms with E-state index < -0.39 is 23.7 Å². The average Bonchev–Trinajstić information content (AvgIpc) is 2.31. The van der Waals surface area contributed by atoms with Gasteiger partial charge >= 0.3 is 6.03 Å². The van der Waals surface area contributed by atoms with Gasteiger partial charge in [-0.2, -0.15) is 0 Å². The van der Waals surface area contributed by atoms with Crippen LogP contribution in [0.2, 0.25) is 0 Å². The average molecular weight is 258 g/mol. The molecule has 0 aromatic heterocycles. The Kier molecular flexibility index (Phi) is 4.41. The van der Waals surface area contributed by atoms with Crippen molar-refractivity contribution in [2.75, 3.05) is 5.32 Å². The van der Waals surface area contributed by atoms with E-state index in [0.717, 1.165) is 12.1 Å². The smallest absolute Gasteiger partial charge is 0.319 e. The number of hydrogen-bond donors (Lipinski definition) is 4. The van der Waals surface area contributed by atoms with Crippen LogP contribution >= 0.6 is 0 Å². The van der Waals surface area contributed by atoms with Gasteiger partial charge in [0.1, 0.15) is 11.6 Å². The summed E-state index contributed by atoms with van der Waals surface area (Å²) in [5.41, 5.74) is 5.06. The minimum absolute atomic E-state index is 0.180. The number of anilines is 1. The van der Waals surface area contributed by atoms with E-state index in [1.54, 1.807) is 0 Å². The number of carbonyl (C=O) groups excluding carboxylic acids is 1. The number of benzene rings is 1. The molecule has 1 atom stereocenters. The fourth-order valence-corrected chi connectivity index (χ4v) is 1.11. The Labute approximate surface area is 101 Å². The van der Waals surface area contributed by atoms with Gasteiger partial charge in [-0.25, -0.2) is 13.6 Å². The largest absolute Gasteiger partial charge is 0.409 e. The molecule has 0 heterocycles. The van der Waals surface area contributed by atoms with Crippen LogP contribution in [0.25, 0.3) is 0 Å². The molecule has 0 saturated carbocycles. The van der Waals surface area contributed by atoms with Gasteiger partial charge < -0.3 is 21.6 Å². The zero-order valence-electron chi connectivity index (χ0n) is 9.45.